The second-order valence-electron chi connectivity index (χ2n) is 4.24. The fraction of sp³-hybridized carbons (Fsp3) is 0.571. The van der Waals surface area contributed by atoms with Crippen molar-refractivity contribution in [3.8, 4) is 0 Å². The molecular weight excluding hydrogens is 358 g/mol. The van der Waals surface area contributed by atoms with Crippen LogP contribution in [0.15, 0.2) is 27.1 Å². The molecule has 0 atom stereocenters. The zero-order chi connectivity index (χ0) is 13.2. The predicted octanol–water partition coefficient (Wildman–Crippen LogP) is 4.51. The molecule has 102 valence electrons. The van der Waals surface area contributed by atoms with Gasteiger partial charge in [-0.15, -0.1) is 0 Å². The molecule has 1 rings (SSSR count). The van der Waals surface area contributed by atoms with E-state index in [4.69, 9.17) is 4.74 Å². The molecular formula is C14H21Br2NO. The van der Waals surface area contributed by atoms with E-state index in [0.29, 0.717) is 0 Å². The van der Waals surface area contributed by atoms with Crippen LogP contribution in [0.4, 0.5) is 0 Å². The zero-order valence-corrected chi connectivity index (χ0v) is 14.0. The van der Waals surface area contributed by atoms with Gasteiger partial charge in [0.1, 0.15) is 0 Å². The van der Waals surface area contributed by atoms with Crippen molar-refractivity contribution in [2.24, 2.45) is 0 Å². The SMILES string of the molecule is CCCCOCCCNCc1ccc(Br)c(Br)c1. The fourth-order valence-electron chi connectivity index (χ4n) is 1.53. The van der Waals surface area contributed by atoms with Crippen LogP contribution >= 0.6 is 31.9 Å². The molecule has 2 nitrogen and oxygen atoms in total. The number of ether oxygens (including phenoxy) is 1. The molecule has 0 unspecified atom stereocenters. The Labute approximate surface area is 127 Å². The van der Waals surface area contributed by atoms with Crippen LogP contribution in [-0.4, -0.2) is 19.8 Å². The summed E-state index contributed by atoms with van der Waals surface area (Å²) < 4.78 is 7.70. The number of rotatable bonds is 9. The van der Waals surface area contributed by atoms with Crippen LogP contribution in [-0.2, 0) is 11.3 Å². The second kappa shape index (κ2) is 9.96. The molecule has 0 aliphatic rings. The predicted molar refractivity (Wildman–Crippen MR) is 83.9 cm³/mol. The van der Waals surface area contributed by atoms with Gasteiger partial charge in [-0.25, -0.2) is 0 Å². The molecule has 0 bridgehead atoms. The number of unbranched alkanes of at least 4 members (excludes halogenated alkanes) is 1. The van der Waals surface area contributed by atoms with E-state index < -0.39 is 0 Å². The number of halogens is 2. The van der Waals surface area contributed by atoms with Crippen LogP contribution in [0.3, 0.4) is 0 Å². The summed E-state index contributed by atoms with van der Waals surface area (Å²) in [5, 5.41) is 3.42. The van der Waals surface area contributed by atoms with E-state index in [1.165, 1.54) is 18.4 Å². The molecule has 0 saturated carbocycles. The maximum Gasteiger partial charge on any atom is 0.0478 e. The molecule has 4 heteroatoms. The minimum absolute atomic E-state index is 0.858. The Bertz CT molecular complexity index is 345. The summed E-state index contributed by atoms with van der Waals surface area (Å²) in [7, 11) is 0. The van der Waals surface area contributed by atoms with Crippen LogP contribution in [0.25, 0.3) is 0 Å². The minimum atomic E-state index is 0.858. The highest BCUT2D eigenvalue weighted by molar-refractivity contribution is 9.13. The van der Waals surface area contributed by atoms with Gasteiger partial charge in [-0.1, -0.05) is 19.4 Å². The highest BCUT2D eigenvalue weighted by atomic mass is 79.9. The molecule has 0 amide bonds. The Balaban J connectivity index is 2.05. The topological polar surface area (TPSA) is 21.3 Å². The molecule has 0 radical (unpaired) electrons. The number of benzene rings is 1. The summed E-state index contributed by atoms with van der Waals surface area (Å²) in [6.45, 7) is 5.84. The first-order valence-corrected chi connectivity index (χ1v) is 8.05. The molecule has 1 aromatic rings. The fourth-order valence-corrected chi connectivity index (χ4v) is 2.20. The number of nitrogens with one attached hydrogen (secondary N) is 1. The van der Waals surface area contributed by atoms with E-state index in [2.05, 4.69) is 62.3 Å². The first kappa shape index (κ1) is 16.2. The summed E-state index contributed by atoms with van der Waals surface area (Å²) >= 11 is 6.98. The van der Waals surface area contributed by atoms with E-state index in [0.717, 1.165) is 41.7 Å². The van der Waals surface area contributed by atoms with Gasteiger partial charge in [-0.2, -0.15) is 0 Å². The molecule has 0 saturated heterocycles. The van der Waals surface area contributed by atoms with Crippen molar-refractivity contribution in [1.29, 1.82) is 0 Å². The average molecular weight is 379 g/mol. The van der Waals surface area contributed by atoms with Crippen LogP contribution in [0.2, 0.25) is 0 Å². The minimum Gasteiger partial charge on any atom is -0.381 e. The third-order valence-electron chi connectivity index (χ3n) is 2.60. The molecule has 0 aromatic heterocycles. The molecule has 1 N–H and O–H groups in total. The number of hydrogen-bond acceptors (Lipinski definition) is 2. The lowest BCUT2D eigenvalue weighted by atomic mass is 10.2. The van der Waals surface area contributed by atoms with Gasteiger partial charge in [0.05, 0.1) is 0 Å². The molecule has 18 heavy (non-hydrogen) atoms. The quantitative estimate of drug-likeness (QED) is 0.638. The Morgan fingerprint density at radius 3 is 2.61 bits per heavy atom. The molecule has 0 aliphatic carbocycles. The maximum atomic E-state index is 5.51. The lowest BCUT2D eigenvalue weighted by Gasteiger charge is -2.07. The van der Waals surface area contributed by atoms with E-state index in [1.807, 2.05) is 0 Å². The van der Waals surface area contributed by atoms with Gasteiger partial charge in [0.2, 0.25) is 0 Å². The van der Waals surface area contributed by atoms with Gasteiger partial charge >= 0.3 is 0 Å². The van der Waals surface area contributed by atoms with Crippen molar-refractivity contribution >= 4 is 31.9 Å². The molecule has 0 heterocycles. The zero-order valence-electron chi connectivity index (χ0n) is 10.8. The molecule has 1 aromatic carbocycles. The van der Waals surface area contributed by atoms with Crippen LogP contribution in [0.5, 0.6) is 0 Å². The Morgan fingerprint density at radius 1 is 1.11 bits per heavy atom. The third kappa shape index (κ3) is 6.88. The van der Waals surface area contributed by atoms with Crippen molar-refractivity contribution < 1.29 is 4.74 Å². The van der Waals surface area contributed by atoms with Crippen molar-refractivity contribution in [2.45, 2.75) is 32.7 Å². The van der Waals surface area contributed by atoms with Crippen molar-refractivity contribution in [3.63, 3.8) is 0 Å². The first-order valence-electron chi connectivity index (χ1n) is 6.46. The molecule has 0 spiro atoms. The first-order chi connectivity index (χ1) is 8.74. The van der Waals surface area contributed by atoms with E-state index in [-0.39, 0.29) is 0 Å². The van der Waals surface area contributed by atoms with Crippen LogP contribution < -0.4 is 5.32 Å². The van der Waals surface area contributed by atoms with Crippen LogP contribution in [0, 0.1) is 0 Å². The monoisotopic (exact) mass is 377 g/mol. The summed E-state index contributed by atoms with van der Waals surface area (Å²) in [4.78, 5) is 0. The van der Waals surface area contributed by atoms with E-state index in [9.17, 15) is 0 Å². The van der Waals surface area contributed by atoms with E-state index >= 15 is 0 Å². The lowest BCUT2D eigenvalue weighted by Crippen LogP contribution is -2.16. The smallest absolute Gasteiger partial charge is 0.0478 e. The lowest BCUT2D eigenvalue weighted by molar-refractivity contribution is 0.129. The van der Waals surface area contributed by atoms with Gasteiger partial charge < -0.3 is 10.1 Å². The van der Waals surface area contributed by atoms with Gasteiger partial charge in [-0.3, -0.25) is 0 Å². The van der Waals surface area contributed by atoms with Gasteiger partial charge in [-0.05, 0) is 68.9 Å². The highest BCUT2D eigenvalue weighted by Crippen LogP contribution is 2.23. The normalized spacial score (nSPS) is 10.8. The Morgan fingerprint density at radius 2 is 1.89 bits per heavy atom. The Kier molecular flexibility index (Phi) is 8.94. The standard InChI is InChI=1S/C14H21Br2NO/c1-2-3-8-18-9-4-7-17-11-12-5-6-13(15)14(16)10-12/h5-6,10,17H,2-4,7-9,11H2,1H3. The largest absolute Gasteiger partial charge is 0.381 e. The van der Waals surface area contributed by atoms with Gasteiger partial charge in [0.15, 0.2) is 0 Å². The highest BCUT2D eigenvalue weighted by Gasteiger charge is 1.98. The molecule has 0 aliphatic heterocycles. The summed E-state index contributed by atoms with van der Waals surface area (Å²) in [5.41, 5.74) is 1.29. The van der Waals surface area contributed by atoms with Gasteiger partial charge in [0.25, 0.3) is 0 Å². The Hall–Kier alpha value is 0.1000. The van der Waals surface area contributed by atoms with Crippen molar-refractivity contribution in [2.75, 3.05) is 19.8 Å². The van der Waals surface area contributed by atoms with Gasteiger partial charge in [0, 0.05) is 28.7 Å². The van der Waals surface area contributed by atoms with Crippen molar-refractivity contribution in [3.05, 3.63) is 32.7 Å². The average Bonchev–Trinajstić information content (AvgIpc) is 2.37. The van der Waals surface area contributed by atoms with E-state index in [1.54, 1.807) is 0 Å². The second-order valence-corrected chi connectivity index (χ2v) is 5.95. The molecule has 0 fully saturated rings. The summed E-state index contributed by atoms with van der Waals surface area (Å²) in [5.74, 6) is 0. The van der Waals surface area contributed by atoms with Crippen molar-refractivity contribution in [1.82, 2.24) is 5.32 Å². The summed E-state index contributed by atoms with van der Waals surface area (Å²) in [6.07, 6.45) is 3.44. The third-order valence-corrected chi connectivity index (χ3v) is 4.48. The maximum absolute atomic E-state index is 5.51. The summed E-state index contributed by atoms with van der Waals surface area (Å²) in [6, 6.07) is 6.32. The number of hydrogen-bond donors (Lipinski definition) is 1. The van der Waals surface area contributed by atoms with Crippen LogP contribution in [0.1, 0.15) is 31.7 Å².